The number of piperidine rings is 3. The standard InChI is InChI=1S/C60H64N20O7S3/c1-62-58(55(61)84)14-21-77(22-15-58)45-12-6-4-9-39(45)69-49(81)42-33-88-52(72-42)36-27-47(87-32-36)75-56(85)59(63-2)18-25-79(26-19-59)48-41(11-8-20-65-48)71-51(83)44-35-90-54(74-44)38-30-68-80(31-38)76-57(86)60(64-3)16-23-78(24-17-60)46-13-7-5-10-40(46)70-50(82)43-34-89-53(73-43)37-28-66-67-29-37/h4-13,20,27-35,62-64H,14-19,21-26H2,1-3H3,(H2,61,84)(H,66,67)(H,69,81)(H,70,82)(H,71,83)(H,75,85)(H,76,86). The number of hydrogen-bond donors (Lipinski definition) is 10. The minimum atomic E-state index is -0.969. The number of rotatable bonds is 20. The van der Waals surface area contributed by atoms with Crippen molar-refractivity contribution >= 4 is 110 Å². The lowest BCUT2D eigenvalue weighted by Gasteiger charge is -2.41. The zero-order valence-corrected chi connectivity index (χ0v) is 51.6. The highest BCUT2D eigenvalue weighted by Crippen LogP contribution is 2.37. The molecule has 7 aromatic heterocycles. The molecule has 3 fully saturated rings. The molecule has 0 bridgehead atoms. The third-order valence-corrected chi connectivity index (χ3v) is 19.7. The summed E-state index contributed by atoms with van der Waals surface area (Å²) in [5, 5.41) is 39.5. The zero-order valence-electron chi connectivity index (χ0n) is 49.2. The molecule has 0 aliphatic carbocycles. The molecule has 0 spiro atoms. The Morgan fingerprint density at radius 2 is 1.06 bits per heavy atom. The number of anilines is 7. The maximum atomic E-state index is 14.1. The monoisotopic (exact) mass is 1270 g/mol. The molecule has 27 nitrogen and oxygen atoms in total. The summed E-state index contributed by atoms with van der Waals surface area (Å²) in [6.07, 6.45) is 12.5. The third kappa shape index (κ3) is 12.4. The lowest BCUT2D eigenvalue weighted by molar-refractivity contribution is -0.125. The number of aromatic nitrogens is 8. The van der Waals surface area contributed by atoms with Gasteiger partial charge in [-0.05, 0) is 96.1 Å². The Kier molecular flexibility index (Phi) is 17.3. The van der Waals surface area contributed by atoms with E-state index < -0.39 is 28.4 Å². The first-order valence-corrected chi connectivity index (χ1v) is 31.6. The molecule has 3 aliphatic heterocycles. The Morgan fingerprint density at radius 3 is 1.59 bits per heavy atom. The van der Waals surface area contributed by atoms with Gasteiger partial charge in [0, 0.05) is 79.4 Å². The number of furan rings is 1. The van der Waals surface area contributed by atoms with Gasteiger partial charge < -0.3 is 56.8 Å². The van der Waals surface area contributed by atoms with Gasteiger partial charge in [0.15, 0.2) is 11.7 Å². The van der Waals surface area contributed by atoms with Gasteiger partial charge in [0.2, 0.25) is 11.8 Å². The number of amides is 6. The summed E-state index contributed by atoms with van der Waals surface area (Å²) in [5.41, 5.74) is 12.0. The molecular weight excluding hydrogens is 1210 g/mol. The number of hydrogen-bond acceptors (Lipinski definition) is 22. The van der Waals surface area contributed by atoms with Gasteiger partial charge >= 0.3 is 0 Å². The van der Waals surface area contributed by atoms with Crippen molar-refractivity contribution in [3.63, 3.8) is 0 Å². The second-order valence-electron chi connectivity index (χ2n) is 22.0. The number of nitrogens with one attached hydrogen (secondary N) is 9. The molecule has 10 heterocycles. The van der Waals surface area contributed by atoms with E-state index in [1.54, 1.807) is 86.5 Å². The highest BCUT2D eigenvalue weighted by Gasteiger charge is 2.43. The number of H-pyrrole nitrogens is 1. The van der Waals surface area contributed by atoms with Gasteiger partial charge in [0.25, 0.3) is 23.6 Å². The fraction of sp³-hybridized carbons (Fsp3) is 0.300. The molecule has 30 heteroatoms. The summed E-state index contributed by atoms with van der Waals surface area (Å²) in [6.45, 7) is 3.02. The third-order valence-electron chi connectivity index (χ3n) is 17.0. The number of carbonyl (C=O) groups excluding carboxylic acids is 6. The van der Waals surface area contributed by atoms with Crippen molar-refractivity contribution in [2.75, 3.05) is 102 Å². The SMILES string of the molecule is CNC1(C(N)=O)CCN(c2ccccc2NC(=O)c2csc(-c3coc(NC(=O)C4(NC)CCN(c5ncccc5NC(=O)c5csc(-c6cnn(NC(=O)C7(NC)CCN(c8ccccc8NC(=O)c8csc(-c9cn[nH]c9)n8)CC7)c6)n5)CC4)c3)n2)CC1. The number of aromatic amines is 1. The summed E-state index contributed by atoms with van der Waals surface area (Å²) < 4.78 is 5.81. The van der Waals surface area contributed by atoms with Crippen molar-refractivity contribution in [1.29, 1.82) is 0 Å². The Labute approximate surface area is 527 Å². The maximum Gasteiger partial charge on any atom is 0.275 e. The maximum absolute atomic E-state index is 14.1. The number of primary amides is 1. The second-order valence-corrected chi connectivity index (χ2v) is 24.5. The van der Waals surface area contributed by atoms with E-state index in [-0.39, 0.29) is 40.9 Å². The largest absolute Gasteiger partial charge is 0.448 e. The van der Waals surface area contributed by atoms with Crippen molar-refractivity contribution in [2.45, 2.75) is 55.1 Å². The molecule has 9 aromatic rings. The first kappa shape index (κ1) is 60.6. The van der Waals surface area contributed by atoms with Crippen LogP contribution >= 0.6 is 34.0 Å². The molecule has 0 saturated carbocycles. The summed E-state index contributed by atoms with van der Waals surface area (Å²) >= 11 is 3.88. The van der Waals surface area contributed by atoms with Crippen molar-refractivity contribution in [1.82, 2.24) is 56.0 Å². The van der Waals surface area contributed by atoms with Crippen LogP contribution in [0.3, 0.4) is 0 Å². The van der Waals surface area contributed by atoms with Gasteiger partial charge in [-0.2, -0.15) is 15.0 Å². The Balaban J connectivity index is 0.617. The highest BCUT2D eigenvalue weighted by atomic mass is 32.1. The molecule has 3 saturated heterocycles. The quantitative estimate of drug-likeness (QED) is 0.0401. The normalized spacial score (nSPS) is 16.1. The molecule has 12 rings (SSSR count). The summed E-state index contributed by atoms with van der Waals surface area (Å²) in [5.74, 6) is -1.36. The fourth-order valence-electron chi connectivity index (χ4n) is 11.5. The summed E-state index contributed by atoms with van der Waals surface area (Å²) in [6, 6.07) is 20.2. The van der Waals surface area contributed by atoms with Gasteiger partial charge in [-0.15, -0.1) is 34.0 Å². The molecule has 0 atom stereocenters. The molecule has 3 aliphatic rings. The second kappa shape index (κ2) is 25.8. The van der Waals surface area contributed by atoms with Gasteiger partial charge in [-0.25, -0.2) is 25.4 Å². The van der Waals surface area contributed by atoms with Crippen LogP contribution < -0.4 is 63.1 Å². The molecule has 464 valence electrons. The van der Waals surface area contributed by atoms with E-state index in [0.29, 0.717) is 133 Å². The van der Waals surface area contributed by atoms with E-state index in [0.717, 1.165) is 16.9 Å². The minimum Gasteiger partial charge on any atom is -0.448 e. The molecule has 11 N–H and O–H groups in total. The molecule has 0 unspecified atom stereocenters. The topological polar surface area (TPSA) is 346 Å². The summed E-state index contributed by atoms with van der Waals surface area (Å²) in [7, 11) is 5.25. The van der Waals surface area contributed by atoms with Gasteiger partial charge in [0.05, 0.1) is 58.2 Å². The number of likely N-dealkylation sites (N-methyl/N-ethyl adjacent to an activating group) is 3. The minimum absolute atomic E-state index is 0.176. The highest BCUT2D eigenvalue weighted by molar-refractivity contribution is 7.14. The van der Waals surface area contributed by atoms with Crippen LogP contribution in [0.5, 0.6) is 0 Å². The van der Waals surface area contributed by atoms with E-state index in [1.807, 2.05) is 53.4 Å². The van der Waals surface area contributed by atoms with Crippen LogP contribution in [0.4, 0.5) is 40.1 Å². The summed E-state index contributed by atoms with van der Waals surface area (Å²) in [4.78, 5) is 107. The molecular formula is C60H64N20O7S3. The molecule has 90 heavy (non-hydrogen) atoms. The number of thiazole rings is 3. The van der Waals surface area contributed by atoms with Crippen LogP contribution in [-0.2, 0) is 14.4 Å². The zero-order chi connectivity index (χ0) is 62.6. The molecule has 0 radical (unpaired) electrons. The predicted octanol–water partition coefficient (Wildman–Crippen LogP) is 6.29. The average molecular weight is 1270 g/mol. The van der Waals surface area contributed by atoms with Crippen LogP contribution in [0.1, 0.15) is 70.0 Å². The molecule has 2 aromatic carbocycles. The van der Waals surface area contributed by atoms with Crippen molar-refractivity contribution in [3.8, 4) is 31.7 Å². The van der Waals surface area contributed by atoms with Crippen LogP contribution in [0.25, 0.3) is 31.7 Å². The van der Waals surface area contributed by atoms with Crippen LogP contribution in [0.2, 0.25) is 0 Å². The van der Waals surface area contributed by atoms with Gasteiger partial charge in [0.1, 0.15) is 55.0 Å². The van der Waals surface area contributed by atoms with E-state index >= 15 is 0 Å². The number of para-hydroxylation sites is 4. The number of nitrogens with zero attached hydrogens (tertiary/aromatic N) is 10. The fourth-order valence-corrected chi connectivity index (χ4v) is 13.9. The van der Waals surface area contributed by atoms with Gasteiger partial charge in [-0.3, -0.25) is 39.2 Å². The first-order valence-electron chi connectivity index (χ1n) is 29.0. The van der Waals surface area contributed by atoms with Crippen LogP contribution in [0, 0.1) is 0 Å². The number of pyridine rings is 1. The Bertz CT molecular complexity index is 4090. The van der Waals surface area contributed by atoms with Crippen LogP contribution in [-0.4, -0.2) is 152 Å². The van der Waals surface area contributed by atoms with Crippen molar-refractivity contribution < 1.29 is 33.2 Å². The van der Waals surface area contributed by atoms with E-state index in [9.17, 15) is 28.8 Å². The predicted molar refractivity (Wildman–Crippen MR) is 346 cm³/mol. The van der Waals surface area contributed by atoms with E-state index in [2.05, 4.69) is 87.7 Å². The Hall–Kier alpha value is -9.72. The molecule has 6 amide bonds. The lowest BCUT2D eigenvalue weighted by Crippen LogP contribution is -2.60. The van der Waals surface area contributed by atoms with E-state index in [4.69, 9.17) is 10.2 Å². The van der Waals surface area contributed by atoms with E-state index in [1.165, 1.54) is 45.1 Å². The van der Waals surface area contributed by atoms with Crippen molar-refractivity contribution in [2.24, 2.45) is 5.73 Å². The number of carbonyl (C=O) groups is 6. The average Bonchev–Trinajstić information content (AvgIpc) is 1.69. The van der Waals surface area contributed by atoms with Crippen molar-refractivity contribution in [3.05, 3.63) is 137 Å². The number of benzene rings is 2. The lowest BCUT2D eigenvalue weighted by atomic mass is 9.86. The first-order chi connectivity index (χ1) is 43.7. The number of nitrogens with two attached hydrogens (primary N) is 1. The smallest absolute Gasteiger partial charge is 0.275 e. The Morgan fingerprint density at radius 1 is 0.567 bits per heavy atom. The van der Waals surface area contributed by atoms with Crippen LogP contribution in [0.15, 0.2) is 125 Å². The van der Waals surface area contributed by atoms with Gasteiger partial charge in [-0.1, -0.05) is 24.3 Å².